The Hall–Kier alpha value is -0.820. The van der Waals surface area contributed by atoms with Crippen molar-refractivity contribution in [1.29, 1.82) is 0 Å². The number of benzene rings is 1. The summed E-state index contributed by atoms with van der Waals surface area (Å²) in [7, 11) is 0. The predicted octanol–water partition coefficient (Wildman–Crippen LogP) is 4.38. The van der Waals surface area contributed by atoms with Gasteiger partial charge in [-0.15, -0.1) is 6.58 Å². The molecule has 0 fully saturated rings. The highest BCUT2D eigenvalue weighted by atomic mass is 35.5. The van der Waals surface area contributed by atoms with Gasteiger partial charge in [0.05, 0.1) is 0 Å². The summed E-state index contributed by atoms with van der Waals surface area (Å²) in [5.74, 6) is -0.209. The van der Waals surface area contributed by atoms with Crippen LogP contribution in [0.25, 0.3) is 0 Å². The Morgan fingerprint density at radius 3 is 2.79 bits per heavy atom. The van der Waals surface area contributed by atoms with Crippen LogP contribution in [0.1, 0.15) is 25.3 Å². The molecule has 14 heavy (non-hydrogen) atoms. The van der Waals surface area contributed by atoms with Crippen molar-refractivity contribution in [1.82, 2.24) is 0 Å². The maximum absolute atomic E-state index is 13.3. The summed E-state index contributed by atoms with van der Waals surface area (Å²) >= 11 is 5.88. The van der Waals surface area contributed by atoms with Gasteiger partial charge in [0.1, 0.15) is 5.82 Å². The van der Waals surface area contributed by atoms with E-state index in [-0.39, 0.29) is 5.82 Å². The summed E-state index contributed by atoms with van der Waals surface area (Å²) in [5.41, 5.74) is 1.74. The van der Waals surface area contributed by atoms with E-state index in [1.165, 1.54) is 6.07 Å². The topological polar surface area (TPSA) is 0 Å². The van der Waals surface area contributed by atoms with E-state index >= 15 is 0 Å². The number of allylic oxidation sites excluding steroid dienone is 1. The first-order chi connectivity index (χ1) is 6.61. The second kappa shape index (κ2) is 5.16. The van der Waals surface area contributed by atoms with Crippen LogP contribution in [0.5, 0.6) is 0 Å². The number of hydrogen-bond donors (Lipinski definition) is 0. The Morgan fingerprint density at radius 1 is 1.50 bits per heavy atom. The van der Waals surface area contributed by atoms with Crippen LogP contribution in [0.15, 0.2) is 30.4 Å². The third kappa shape index (κ3) is 3.15. The van der Waals surface area contributed by atoms with E-state index in [1.807, 2.05) is 6.92 Å². The van der Waals surface area contributed by atoms with E-state index in [1.54, 1.807) is 12.1 Å². The molecule has 0 aromatic heterocycles. The smallest absolute Gasteiger partial charge is 0.127 e. The molecule has 0 aliphatic carbocycles. The molecule has 1 rings (SSSR count). The number of rotatable bonds is 4. The van der Waals surface area contributed by atoms with Crippen molar-refractivity contribution in [3.8, 4) is 0 Å². The second-order valence-electron chi connectivity index (χ2n) is 3.51. The van der Waals surface area contributed by atoms with Gasteiger partial charge >= 0.3 is 0 Å². The molecule has 0 amide bonds. The monoisotopic (exact) mass is 212 g/mol. The minimum absolute atomic E-state index is 0.209. The molecule has 0 radical (unpaired) electrons. The van der Waals surface area contributed by atoms with Gasteiger partial charge in [0.15, 0.2) is 0 Å². The summed E-state index contributed by atoms with van der Waals surface area (Å²) in [6.45, 7) is 5.78. The number of hydrogen-bond acceptors (Lipinski definition) is 0. The quantitative estimate of drug-likeness (QED) is 0.650. The van der Waals surface area contributed by atoms with E-state index in [0.29, 0.717) is 17.0 Å². The lowest BCUT2D eigenvalue weighted by atomic mass is 10.1. The van der Waals surface area contributed by atoms with Crippen LogP contribution < -0.4 is 0 Å². The predicted molar refractivity (Wildman–Crippen MR) is 59.2 cm³/mol. The fraction of sp³-hybridized carbons (Fsp3) is 0.333. The molecule has 0 spiro atoms. The molecule has 0 nitrogen and oxygen atoms in total. The molecule has 0 N–H and O–H groups in total. The van der Waals surface area contributed by atoms with Crippen molar-refractivity contribution in [3.05, 3.63) is 46.8 Å². The molecule has 0 saturated heterocycles. The highest BCUT2D eigenvalue weighted by Crippen LogP contribution is 2.21. The minimum Gasteiger partial charge on any atom is -0.207 e. The molecule has 0 saturated carbocycles. The van der Waals surface area contributed by atoms with Gasteiger partial charge in [0.25, 0.3) is 0 Å². The van der Waals surface area contributed by atoms with Gasteiger partial charge in [-0.3, -0.25) is 0 Å². The molecule has 0 bridgehead atoms. The zero-order valence-corrected chi connectivity index (χ0v) is 9.07. The van der Waals surface area contributed by atoms with Gasteiger partial charge in [0.2, 0.25) is 0 Å². The van der Waals surface area contributed by atoms with Crippen molar-refractivity contribution >= 4 is 11.6 Å². The van der Waals surface area contributed by atoms with Crippen LogP contribution >= 0.6 is 11.6 Å². The maximum Gasteiger partial charge on any atom is 0.127 e. The van der Waals surface area contributed by atoms with Crippen molar-refractivity contribution in [2.45, 2.75) is 26.2 Å². The van der Waals surface area contributed by atoms with Crippen LogP contribution in [-0.2, 0) is 6.42 Å². The van der Waals surface area contributed by atoms with E-state index in [0.717, 1.165) is 18.4 Å². The molecule has 0 atom stereocenters. The van der Waals surface area contributed by atoms with Gasteiger partial charge in [-0.1, -0.05) is 23.2 Å². The maximum atomic E-state index is 13.3. The van der Waals surface area contributed by atoms with Gasteiger partial charge in [0, 0.05) is 10.6 Å². The lowest BCUT2D eigenvalue weighted by Gasteiger charge is -2.05. The van der Waals surface area contributed by atoms with Gasteiger partial charge in [-0.25, -0.2) is 4.39 Å². The Balaban J connectivity index is 2.62. The molecule has 0 unspecified atom stereocenters. The molecular weight excluding hydrogens is 199 g/mol. The normalized spacial score (nSPS) is 10.2. The molecule has 1 aromatic carbocycles. The SMILES string of the molecule is C=C(C)CCCc1c(F)cccc1Cl. The highest BCUT2D eigenvalue weighted by molar-refractivity contribution is 6.31. The van der Waals surface area contributed by atoms with Gasteiger partial charge in [-0.05, 0) is 38.3 Å². The Bertz CT molecular complexity index is 311. The molecule has 0 aliphatic heterocycles. The molecule has 0 aliphatic rings. The average Bonchev–Trinajstić information content (AvgIpc) is 2.09. The molecule has 0 heterocycles. The molecule has 1 aromatic rings. The lowest BCUT2D eigenvalue weighted by molar-refractivity contribution is 0.604. The Kier molecular flexibility index (Phi) is 4.15. The van der Waals surface area contributed by atoms with Crippen LogP contribution in [0.2, 0.25) is 5.02 Å². The van der Waals surface area contributed by atoms with Crippen LogP contribution in [0, 0.1) is 5.82 Å². The molecule has 76 valence electrons. The van der Waals surface area contributed by atoms with Crippen LogP contribution in [0.3, 0.4) is 0 Å². The number of halogens is 2. The van der Waals surface area contributed by atoms with Crippen molar-refractivity contribution in [2.75, 3.05) is 0 Å². The van der Waals surface area contributed by atoms with Gasteiger partial charge < -0.3 is 0 Å². The first-order valence-corrected chi connectivity index (χ1v) is 5.06. The minimum atomic E-state index is -0.209. The van der Waals surface area contributed by atoms with Crippen molar-refractivity contribution in [2.24, 2.45) is 0 Å². The second-order valence-corrected chi connectivity index (χ2v) is 3.92. The molecule has 2 heteroatoms. The third-order valence-electron chi connectivity index (χ3n) is 2.09. The standard InChI is InChI=1S/C12H14ClF/c1-9(2)5-3-6-10-11(13)7-4-8-12(10)14/h4,7-8H,1,3,5-6H2,2H3. The highest BCUT2D eigenvalue weighted by Gasteiger charge is 2.05. The largest absolute Gasteiger partial charge is 0.207 e. The first kappa shape index (κ1) is 11.3. The third-order valence-corrected chi connectivity index (χ3v) is 2.45. The fourth-order valence-corrected chi connectivity index (χ4v) is 1.60. The fourth-order valence-electron chi connectivity index (χ4n) is 1.34. The zero-order valence-electron chi connectivity index (χ0n) is 8.32. The van der Waals surface area contributed by atoms with Crippen molar-refractivity contribution < 1.29 is 4.39 Å². The van der Waals surface area contributed by atoms with Gasteiger partial charge in [-0.2, -0.15) is 0 Å². The summed E-state index contributed by atoms with van der Waals surface area (Å²) in [4.78, 5) is 0. The first-order valence-electron chi connectivity index (χ1n) is 4.68. The van der Waals surface area contributed by atoms with Crippen molar-refractivity contribution in [3.63, 3.8) is 0 Å². The summed E-state index contributed by atoms with van der Waals surface area (Å²) in [6, 6.07) is 4.79. The lowest BCUT2D eigenvalue weighted by Crippen LogP contribution is -1.92. The van der Waals surface area contributed by atoms with E-state index in [4.69, 9.17) is 11.6 Å². The van der Waals surface area contributed by atoms with Crippen LogP contribution in [0.4, 0.5) is 4.39 Å². The summed E-state index contributed by atoms with van der Waals surface area (Å²) in [5, 5.41) is 0.520. The van der Waals surface area contributed by atoms with Crippen LogP contribution in [-0.4, -0.2) is 0 Å². The average molecular weight is 213 g/mol. The Labute approximate surface area is 89.4 Å². The van der Waals surface area contributed by atoms with E-state index in [9.17, 15) is 4.39 Å². The zero-order chi connectivity index (χ0) is 10.6. The summed E-state index contributed by atoms with van der Waals surface area (Å²) in [6.07, 6.45) is 2.50. The summed E-state index contributed by atoms with van der Waals surface area (Å²) < 4.78 is 13.3. The van der Waals surface area contributed by atoms with E-state index < -0.39 is 0 Å². The van der Waals surface area contributed by atoms with E-state index in [2.05, 4.69) is 6.58 Å². The Morgan fingerprint density at radius 2 is 2.21 bits per heavy atom. The molecular formula is C12H14ClF.